The Hall–Kier alpha value is -4.74. The van der Waals surface area contributed by atoms with Crippen molar-refractivity contribution < 1.29 is 28.6 Å². The lowest BCUT2D eigenvalue weighted by Gasteiger charge is -2.39. The number of nitrogens with one attached hydrogen (secondary N) is 1. The van der Waals surface area contributed by atoms with E-state index in [9.17, 15) is 23.9 Å². The fourth-order valence-corrected chi connectivity index (χ4v) is 5.73. The zero-order valence-electron chi connectivity index (χ0n) is 22.9. The van der Waals surface area contributed by atoms with Crippen LogP contribution in [0.1, 0.15) is 38.0 Å². The molecule has 1 saturated heterocycles. The van der Waals surface area contributed by atoms with Crippen molar-refractivity contribution in [1.29, 1.82) is 0 Å². The van der Waals surface area contributed by atoms with Crippen molar-refractivity contribution >= 4 is 40.8 Å². The molecule has 10 nitrogen and oxygen atoms in total. The molecule has 2 amide bonds. The number of imidazole rings is 1. The van der Waals surface area contributed by atoms with Crippen molar-refractivity contribution in [2.45, 2.75) is 12.5 Å². The summed E-state index contributed by atoms with van der Waals surface area (Å²) in [6, 6.07) is 15.1. The Morgan fingerprint density at radius 1 is 0.977 bits per heavy atom. The van der Waals surface area contributed by atoms with Gasteiger partial charge in [0.2, 0.25) is 0 Å². The Morgan fingerprint density at radius 3 is 2.44 bits per heavy atom. The highest BCUT2D eigenvalue weighted by molar-refractivity contribution is 6.30. The predicted octanol–water partition coefficient (Wildman–Crippen LogP) is 4.58. The van der Waals surface area contributed by atoms with Crippen molar-refractivity contribution in [3.8, 4) is 5.69 Å². The minimum atomic E-state index is -1.08. The number of aromatic nitrogens is 2. The van der Waals surface area contributed by atoms with Gasteiger partial charge in [-0.05, 0) is 60.0 Å². The third-order valence-electron chi connectivity index (χ3n) is 7.67. The predicted molar refractivity (Wildman–Crippen MR) is 158 cm³/mol. The van der Waals surface area contributed by atoms with Crippen LogP contribution in [0.2, 0.25) is 5.02 Å². The normalized spacial score (nSPS) is 16.5. The van der Waals surface area contributed by atoms with E-state index in [2.05, 4.69) is 15.2 Å². The Labute approximate surface area is 251 Å². The summed E-state index contributed by atoms with van der Waals surface area (Å²) < 4.78 is 21.6. The van der Waals surface area contributed by atoms with Crippen LogP contribution in [0.4, 0.5) is 15.8 Å². The van der Waals surface area contributed by atoms with E-state index in [1.165, 1.54) is 58.4 Å². The lowest BCUT2D eigenvalue weighted by atomic mass is 9.89. The average molecular weight is 604 g/mol. The number of fused-ring (bicyclic) bond motifs is 1. The second kappa shape index (κ2) is 11.9. The van der Waals surface area contributed by atoms with Crippen LogP contribution in [0.25, 0.3) is 5.69 Å². The number of morpholine rings is 1. The minimum Gasteiger partial charge on any atom is -0.478 e. The van der Waals surface area contributed by atoms with Gasteiger partial charge in [-0.3, -0.25) is 9.59 Å². The monoisotopic (exact) mass is 603 g/mol. The van der Waals surface area contributed by atoms with Gasteiger partial charge in [-0.2, -0.15) is 0 Å². The van der Waals surface area contributed by atoms with E-state index < -0.39 is 29.6 Å². The van der Waals surface area contributed by atoms with Gasteiger partial charge in [0.15, 0.2) is 5.82 Å². The number of aromatic carboxylic acids is 1. The largest absolute Gasteiger partial charge is 0.478 e. The first kappa shape index (κ1) is 28.4. The smallest absolute Gasteiger partial charge is 0.335 e. The van der Waals surface area contributed by atoms with Crippen LogP contribution in [-0.4, -0.2) is 70.2 Å². The Morgan fingerprint density at radius 2 is 1.70 bits per heavy atom. The summed E-state index contributed by atoms with van der Waals surface area (Å²) in [5, 5.41) is 12.0. The van der Waals surface area contributed by atoms with Gasteiger partial charge >= 0.3 is 5.97 Å². The van der Waals surface area contributed by atoms with Gasteiger partial charge in [-0.1, -0.05) is 29.8 Å². The minimum absolute atomic E-state index is 0.0378. The first-order chi connectivity index (χ1) is 20.8. The number of hydrogen-bond acceptors (Lipinski definition) is 6. The van der Waals surface area contributed by atoms with E-state index in [-0.39, 0.29) is 28.5 Å². The molecule has 1 unspecified atom stereocenters. The summed E-state index contributed by atoms with van der Waals surface area (Å²) in [6.45, 7) is 2.86. The number of amides is 2. The molecule has 0 saturated carbocycles. The van der Waals surface area contributed by atoms with Crippen molar-refractivity contribution in [3.63, 3.8) is 0 Å². The molecule has 3 heterocycles. The number of carbonyl (C=O) groups is 3. The highest BCUT2D eigenvalue weighted by atomic mass is 35.5. The molecule has 1 fully saturated rings. The van der Waals surface area contributed by atoms with Crippen LogP contribution in [0.5, 0.6) is 0 Å². The summed E-state index contributed by atoms with van der Waals surface area (Å²) in [4.78, 5) is 47.1. The van der Waals surface area contributed by atoms with Crippen LogP contribution >= 0.6 is 11.6 Å². The summed E-state index contributed by atoms with van der Waals surface area (Å²) in [5.41, 5.74) is 3.30. The molecule has 0 spiro atoms. The quantitative estimate of drug-likeness (QED) is 0.331. The van der Waals surface area contributed by atoms with Crippen LogP contribution in [0.3, 0.4) is 0 Å². The Bertz CT molecular complexity index is 1700. The zero-order valence-corrected chi connectivity index (χ0v) is 23.6. The zero-order chi connectivity index (χ0) is 30.1. The molecule has 1 atom stereocenters. The van der Waals surface area contributed by atoms with Crippen molar-refractivity contribution in [2.24, 2.45) is 0 Å². The number of halogens is 2. The number of carbonyl (C=O) groups excluding carboxylic acids is 2. The molecular weight excluding hydrogens is 577 g/mol. The second-order valence-corrected chi connectivity index (χ2v) is 10.6. The van der Waals surface area contributed by atoms with Gasteiger partial charge in [-0.25, -0.2) is 14.2 Å². The number of benzene rings is 3. The van der Waals surface area contributed by atoms with E-state index >= 15 is 0 Å². The molecule has 4 aromatic rings. The number of nitrogens with zero attached hydrogens (tertiary/aromatic N) is 4. The molecule has 1 aromatic heterocycles. The molecule has 0 bridgehead atoms. The molecule has 2 aliphatic heterocycles. The van der Waals surface area contributed by atoms with Crippen LogP contribution < -0.4 is 10.2 Å². The number of anilines is 2. The maximum Gasteiger partial charge on any atom is 0.335 e. The highest BCUT2D eigenvalue weighted by Gasteiger charge is 2.38. The van der Waals surface area contributed by atoms with Crippen molar-refractivity contribution in [2.75, 3.05) is 43.1 Å². The molecule has 6 rings (SSSR count). The van der Waals surface area contributed by atoms with Gasteiger partial charge in [0.1, 0.15) is 18.1 Å². The van der Waals surface area contributed by atoms with E-state index in [4.69, 9.17) is 16.3 Å². The molecular formula is C31H27ClFN5O5. The summed E-state index contributed by atoms with van der Waals surface area (Å²) in [5.74, 6) is -2.68. The fourth-order valence-electron chi connectivity index (χ4n) is 5.56. The standard InChI is InChI=1S/C31H27ClFN5O5/c32-23-4-2-6-26(27(23)33)37-17-24(34-18-37)30(40)38-12-11-21-22(3-1-5-25(21)36-13-15-43-16-14-36)28(38)29(39)35-20-9-7-19(8-10-20)31(41)42/h1-10,17-18,28H,11-16H2,(H,35,39)(H,41,42). The maximum atomic E-state index is 14.7. The van der Waals surface area contributed by atoms with Crippen LogP contribution in [0.15, 0.2) is 73.2 Å². The number of carboxylic acid groups (broad SMARTS) is 1. The number of hydrogen-bond donors (Lipinski definition) is 2. The molecule has 2 N–H and O–H groups in total. The lowest BCUT2D eigenvalue weighted by Crippen LogP contribution is -2.46. The number of rotatable bonds is 6. The maximum absolute atomic E-state index is 14.7. The SMILES string of the molecule is O=C(O)c1ccc(NC(=O)C2c3cccc(N4CCOCC4)c3CCN2C(=O)c2cn(-c3cccc(Cl)c3F)cn2)cc1. The third kappa shape index (κ3) is 5.56. The van der Waals surface area contributed by atoms with Crippen molar-refractivity contribution in [3.05, 3.63) is 106 Å². The topological polar surface area (TPSA) is 117 Å². The Balaban J connectivity index is 1.35. The lowest BCUT2D eigenvalue weighted by molar-refractivity contribution is -0.121. The van der Waals surface area contributed by atoms with Gasteiger partial charge in [0.25, 0.3) is 11.8 Å². The fraction of sp³-hybridized carbons (Fsp3) is 0.226. The van der Waals surface area contributed by atoms with Gasteiger partial charge in [0.05, 0.1) is 29.5 Å². The van der Waals surface area contributed by atoms with E-state index in [1.54, 1.807) is 6.07 Å². The Kier molecular flexibility index (Phi) is 7.83. The highest BCUT2D eigenvalue weighted by Crippen LogP contribution is 2.37. The molecule has 3 aromatic carbocycles. The van der Waals surface area contributed by atoms with Crippen LogP contribution in [0, 0.1) is 5.82 Å². The summed E-state index contributed by atoms with van der Waals surface area (Å²) in [7, 11) is 0. The van der Waals surface area contributed by atoms with Crippen molar-refractivity contribution in [1.82, 2.24) is 14.5 Å². The van der Waals surface area contributed by atoms with Gasteiger partial charge in [0, 0.05) is 37.2 Å². The molecule has 12 heteroatoms. The molecule has 220 valence electrons. The van der Waals surface area contributed by atoms with E-state index in [0.717, 1.165) is 11.3 Å². The number of carboxylic acids is 1. The van der Waals surface area contributed by atoms with E-state index in [0.29, 0.717) is 44.0 Å². The molecule has 0 radical (unpaired) electrons. The summed E-state index contributed by atoms with van der Waals surface area (Å²) >= 11 is 5.95. The first-order valence-corrected chi connectivity index (χ1v) is 14.1. The van der Waals surface area contributed by atoms with E-state index in [1.807, 2.05) is 18.2 Å². The summed E-state index contributed by atoms with van der Waals surface area (Å²) in [6.07, 6.45) is 3.25. The molecule has 2 aliphatic rings. The third-order valence-corrected chi connectivity index (χ3v) is 7.96. The number of ether oxygens (including phenoxy) is 1. The first-order valence-electron chi connectivity index (χ1n) is 13.7. The van der Waals surface area contributed by atoms with Gasteiger partial charge in [-0.15, -0.1) is 0 Å². The molecule has 43 heavy (non-hydrogen) atoms. The van der Waals surface area contributed by atoms with Gasteiger partial charge < -0.3 is 29.5 Å². The average Bonchev–Trinajstić information content (AvgIpc) is 3.52. The second-order valence-electron chi connectivity index (χ2n) is 10.2. The molecule has 0 aliphatic carbocycles. The van der Waals surface area contributed by atoms with Crippen LogP contribution in [-0.2, 0) is 16.0 Å².